The normalized spacial score (nSPS) is 12.4. The minimum absolute atomic E-state index is 0.0631. The van der Waals surface area contributed by atoms with Crippen LogP contribution in [0.2, 0.25) is 0 Å². The lowest BCUT2D eigenvalue weighted by Crippen LogP contribution is -2.43. The molecule has 0 spiro atoms. The molecule has 0 saturated carbocycles. The second kappa shape index (κ2) is 13.7. The van der Waals surface area contributed by atoms with Crippen LogP contribution >= 0.6 is 0 Å². The molecule has 0 saturated heterocycles. The number of carbonyl (C=O) groups excluding carboxylic acids is 1. The van der Waals surface area contributed by atoms with Gasteiger partial charge in [0.2, 0.25) is 5.91 Å². The number of hydrogen-bond acceptors (Lipinski definition) is 5. The van der Waals surface area contributed by atoms with Crippen molar-refractivity contribution in [2.45, 2.75) is 38.1 Å². The number of amides is 1. The Morgan fingerprint density at radius 2 is 1.63 bits per heavy atom. The molecular formula is C13H31N5O. The van der Waals surface area contributed by atoms with E-state index in [1.54, 1.807) is 7.05 Å². The van der Waals surface area contributed by atoms with Gasteiger partial charge in [0, 0.05) is 7.05 Å². The molecule has 0 heterocycles. The van der Waals surface area contributed by atoms with Crippen molar-refractivity contribution in [3.8, 4) is 0 Å². The van der Waals surface area contributed by atoms with E-state index in [-0.39, 0.29) is 11.9 Å². The van der Waals surface area contributed by atoms with E-state index in [1.807, 2.05) is 0 Å². The molecule has 7 N–H and O–H groups in total. The van der Waals surface area contributed by atoms with Gasteiger partial charge in [0.25, 0.3) is 0 Å². The van der Waals surface area contributed by atoms with Crippen molar-refractivity contribution in [1.29, 1.82) is 0 Å². The van der Waals surface area contributed by atoms with Crippen molar-refractivity contribution in [2.24, 2.45) is 11.5 Å². The lowest BCUT2D eigenvalue weighted by Gasteiger charge is -2.17. The van der Waals surface area contributed by atoms with Gasteiger partial charge in [-0.2, -0.15) is 0 Å². The summed E-state index contributed by atoms with van der Waals surface area (Å²) in [5.41, 5.74) is 10.9. The number of likely N-dealkylation sites (N-methyl/N-ethyl adjacent to an activating group) is 1. The van der Waals surface area contributed by atoms with Gasteiger partial charge < -0.3 is 27.4 Å². The van der Waals surface area contributed by atoms with E-state index >= 15 is 0 Å². The Bertz CT molecular complexity index is 213. The van der Waals surface area contributed by atoms with E-state index in [0.717, 1.165) is 58.3 Å². The molecule has 0 rings (SSSR count). The van der Waals surface area contributed by atoms with Crippen molar-refractivity contribution in [3.05, 3.63) is 0 Å². The maximum absolute atomic E-state index is 11.7. The minimum Gasteiger partial charge on any atom is -0.358 e. The van der Waals surface area contributed by atoms with Crippen LogP contribution in [0.4, 0.5) is 0 Å². The van der Waals surface area contributed by atoms with Crippen LogP contribution in [0.3, 0.4) is 0 Å². The first-order valence-electron chi connectivity index (χ1n) is 7.32. The molecule has 0 aromatic heterocycles. The summed E-state index contributed by atoms with van der Waals surface area (Å²) >= 11 is 0. The first-order chi connectivity index (χ1) is 9.26. The fraction of sp³-hybridized carbons (Fsp3) is 0.923. The number of nitrogens with one attached hydrogen (secondary N) is 3. The third kappa shape index (κ3) is 10.9. The van der Waals surface area contributed by atoms with Crippen molar-refractivity contribution in [3.63, 3.8) is 0 Å². The zero-order valence-corrected chi connectivity index (χ0v) is 12.2. The van der Waals surface area contributed by atoms with Crippen molar-refractivity contribution < 1.29 is 4.79 Å². The molecule has 1 atom stereocenters. The Morgan fingerprint density at radius 3 is 2.26 bits per heavy atom. The summed E-state index contributed by atoms with van der Waals surface area (Å²) in [6.45, 7) is 4.14. The molecule has 0 fully saturated rings. The molecule has 1 unspecified atom stereocenters. The highest BCUT2D eigenvalue weighted by molar-refractivity contribution is 5.81. The van der Waals surface area contributed by atoms with Crippen LogP contribution in [-0.4, -0.2) is 51.7 Å². The van der Waals surface area contributed by atoms with E-state index in [2.05, 4.69) is 16.0 Å². The smallest absolute Gasteiger partial charge is 0.236 e. The quantitative estimate of drug-likeness (QED) is 0.281. The Kier molecular flexibility index (Phi) is 13.2. The fourth-order valence-electron chi connectivity index (χ4n) is 1.83. The van der Waals surface area contributed by atoms with E-state index in [9.17, 15) is 4.79 Å². The monoisotopic (exact) mass is 273 g/mol. The maximum atomic E-state index is 11.7. The highest BCUT2D eigenvalue weighted by atomic mass is 16.2. The molecule has 0 radical (unpaired) electrons. The standard InChI is InChI=1S/C13H31N5O/c1-16-13(19)12(18-11-5-8-15)6-2-3-9-17-10-4-7-14/h12,17-18H,2-11,14-15H2,1H3,(H,16,19). The Morgan fingerprint density at radius 1 is 1.00 bits per heavy atom. The van der Waals surface area contributed by atoms with E-state index < -0.39 is 0 Å². The zero-order chi connectivity index (χ0) is 14.3. The highest BCUT2D eigenvalue weighted by Gasteiger charge is 2.15. The van der Waals surface area contributed by atoms with Crippen LogP contribution in [0.1, 0.15) is 32.1 Å². The Balaban J connectivity index is 3.64. The summed E-state index contributed by atoms with van der Waals surface area (Å²) in [5, 5.41) is 9.29. The first kappa shape index (κ1) is 18.3. The topological polar surface area (TPSA) is 105 Å². The molecule has 114 valence electrons. The van der Waals surface area contributed by atoms with Gasteiger partial charge >= 0.3 is 0 Å². The molecule has 0 aliphatic heterocycles. The van der Waals surface area contributed by atoms with Crippen LogP contribution in [0, 0.1) is 0 Å². The minimum atomic E-state index is -0.0967. The average molecular weight is 273 g/mol. The number of hydrogen-bond donors (Lipinski definition) is 5. The van der Waals surface area contributed by atoms with Crippen LogP contribution in [0.5, 0.6) is 0 Å². The van der Waals surface area contributed by atoms with Gasteiger partial charge in [-0.3, -0.25) is 4.79 Å². The Labute approximate surface area is 117 Å². The molecule has 0 aliphatic carbocycles. The average Bonchev–Trinajstić information content (AvgIpc) is 2.43. The summed E-state index contributed by atoms with van der Waals surface area (Å²) in [5.74, 6) is 0.0631. The predicted molar refractivity (Wildman–Crippen MR) is 79.9 cm³/mol. The summed E-state index contributed by atoms with van der Waals surface area (Å²) in [4.78, 5) is 11.7. The molecule has 19 heavy (non-hydrogen) atoms. The molecule has 0 aromatic carbocycles. The van der Waals surface area contributed by atoms with Crippen molar-refractivity contribution in [1.82, 2.24) is 16.0 Å². The SMILES string of the molecule is CNC(=O)C(CCCCNCCCN)NCCCN. The fourth-order valence-corrected chi connectivity index (χ4v) is 1.83. The molecule has 0 aliphatic rings. The van der Waals surface area contributed by atoms with Gasteiger partial charge in [-0.1, -0.05) is 6.42 Å². The first-order valence-corrected chi connectivity index (χ1v) is 7.32. The molecule has 6 heteroatoms. The van der Waals surface area contributed by atoms with E-state index in [4.69, 9.17) is 11.5 Å². The molecule has 0 bridgehead atoms. The van der Waals surface area contributed by atoms with Crippen molar-refractivity contribution >= 4 is 5.91 Å². The van der Waals surface area contributed by atoms with E-state index in [0.29, 0.717) is 6.54 Å². The lowest BCUT2D eigenvalue weighted by molar-refractivity contribution is -0.122. The lowest BCUT2D eigenvalue weighted by atomic mass is 10.1. The van der Waals surface area contributed by atoms with Gasteiger partial charge in [-0.15, -0.1) is 0 Å². The van der Waals surface area contributed by atoms with Gasteiger partial charge in [0.05, 0.1) is 6.04 Å². The van der Waals surface area contributed by atoms with Crippen molar-refractivity contribution in [2.75, 3.05) is 39.8 Å². The third-order valence-electron chi connectivity index (χ3n) is 2.99. The van der Waals surface area contributed by atoms with Gasteiger partial charge in [-0.05, 0) is 58.4 Å². The molecule has 1 amide bonds. The largest absolute Gasteiger partial charge is 0.358 e. The Hall–Kier alpha value is -0.690. The second-order valence-corrected chi connectivity index (χ2v) is 4.65. The number of unbranched alkanes of at least 4 members (excludes halogenated alkanes) is 1. The van der Waals surface area contributed by atoms with Crippen LogP contribution < -0.4 is 27.4 Å². The summed E-state index contributed by atoms with van der Waals surface area (Å²) in [7, 11) is 1.67. The molecule has 0 aromatic rings. The van der Waals surface area contributed by atoms with Crippen LogP contribution in [0.25, 0.3) is 0 Å². The summed E-state index contributed by atoms with van der Waals surface area (Å²) < 4.78 is 0. The van der Waals surface area contributed by atoms with Gasteiger partial charge in [0.15, 0.2) is 0 Å². The summed E-state index contributed by atoms with van der Waals surface area (Å²) in [6, 6.07) is -0.0967. The zero-order valence-electron chi connectivity index (χ0n) is 12.2. The molecule has 6 nitrogen and oxygen atoms in total. The third-order valence-corrected chi connectivity index (χ3v) is 2.99. The summed E-state index contributed by atoms with van der Waals surface area (Å²) in [6.07, 6.45) is 4.89. The maximum Gasteiger partial charge on any atom is 0.236 e. The van der Waals surface area contributed by atoms with Gasteiger partial charge in [0.1, 0.15) is 0 Å². The second-order valence-electron chi connectivity index (χ2n) is 4.65. The van der Waals surface area contributed by atoms with Gasteiger partial charge in [-0.25, -0.2) is 0 Å². The predicted octanol–water partition coefficient (Wildman–Crippen LogP) is -0.852. The van der Waals surface area contributed by atoms with E-state index in [1.165, 1.54) is 0 Å². The number of nitrogens with two attached hydrogens (primary N) is 2. The van der Waals surface area contributed by atoms with Crippen LogP contribution in [0.15, 0.2) is 0 Å². The number of rotatable bonds is 13. The highest BCUT2D eigenvalue weighted by Crippen LogP contribution is 2.01. The van der Waals surface area contributed by atoms with Crippen LogP contribution in [-0.2, 0) is 4.79 Å². The number of carbonyl (C=O) groups is 1. The molecular weight excluding hydrogens is 242 g/mol.